The monoisotopic (exact) mass is 324 g/mol. The number of halogens is 3. The molecule has 0 bridgehead atoms. The van der Waals surface area contributed by atoms with Gasteiger partial charge in [0, 0.05) is 5.56 Å². The van der Waals surface area contributed by atoms with E-state index in [1.165, 1.54) is 6.07 Å². The molecular formula is C13H7BrClFN2. The quantitative estimate of drug-likeness (QED) is 0.685. The van der Waals surface area contributed by atoms with Crippen molar-refractivity contribution in [3.05, 3.63) is 51.7 Å². The highest BCUT2D eigenvalue weighted by molar-refractivity contribution is 9.10. The Hall–Kier alpha value is -1.39. The van der Waals surface area contributed by atoms with Gasteiger partial charge in [-0.05, 0) is 46.3 Å². The van der Waals surface area contributed by atoms with E-state index in [2.05, 4.69) is 25.9 Å². The van der Waals surface area contributed by atoms with E-state index in [0.717, 1.165) is 5.52 Å². The van der Waals surface area contributed by atoms with Crippen LogP contribution in [0, 0.1) is 5.82 Å². The number of nitrogens with one attached hydrogen (secondary N) is 1. The fraction of sp³-hybridized carbons (Fsp3) is 0. The van der Waals surface area contributed by atoms with Gasteiger partial charge in [0.25, 0.3) is 0 Å². The van der Waals surface area contributed by atoms with E-state index < -0.39 is 0 Å². The number of hydrogen-bond acceptors (Lipinski definition) is 1. The second-order valence-electron chi connectivity index (χ2n) is 3.85. The molecule has 0 atom stereocenters. The van der Waals surface area contributed by atoms with Crippen LogP contribution in [0.15, 0.2) is 40.9 Å². The van der Waals surface area contributed by atoms with E-state index in [-0.39, 0.29) is 5.82 Å². The minimum atomic E-state index is -0.320. The maximum absolute atomic E-state index is 13.5. The molecule has 0 spiro atoms. The number of aromatic nitrogens is 2. The highest BCUT2D eigenvalue weighted by Crippen LogP contribution is 2.27. The van der Waals surface area contributed by atoms with Crippen LogP contribution in [0.25, 0.3) is 22.4 Å². The number of H-pyrrole nitrogens is 1. The van der Waals surface area contributed by atoms with Crippen LogP contribution < -0.4 is 0 Å². The lowest BCUT2D eigenvalue weighted by atomic mass is 10.2. The lowest BCUT2D eigenvalue weighted by Gasteiger charge is -1.98. The van der Waals surface area contributed by atoms with Crippen LogP contribution in [-0.4, -0.2) is 9.97 Å². The van der Waals surface area contributed by atoms with Crippen LogP contribution in [-0.2, 0) is 0 Å². The molecule has 0 aliphatic carbocycles. The maximum atomic E-state index is 13.5. The third kappa shape index (κ3) is 1.91. The summed E-state index contributed by atoms with van der Waals surface area (Å²) < 4.78 is 13.9. The number of nitrogens with zero attached hydrogens (tertiary/aromatic N) is 1. The molecule has 0 saturated carbocycles. The fourth-order valence-corrected chi connectivity index (χ4v) is 2.24. The van der Waals surface area contributed by atoms with Gasteiger partial charge in [-0.3, -0.25) is 0 Å². The first-order valence-corrected chi connectivity index (χ1v) is 6.42. The van der Waals surface area contributed by atoms with Crippen molar-refractivity contribution in [3.63, 3.8) is 0 Å². The van der Waals surface area contributed by atoms with Crippen LogP contribution in [0.5, 0.6) is 0 Å². The van der Waals surface area contributed by atoms with Crippen LogP contribution in [0.4, 0.5) is 4.39 Å². The molecule has 90 valence electrons. The number of fused-ring (bicyclic) bond motifs is 1. The fourth-order valence-electron chi connectivity index (χ4n) is 1.78. The van der Waals surface area contributed by atoms with Gasteiger partial charge in [0.15, 0.2) is 0 Å². The van der Waals surface area contributed by atoms with E-state index >= 15 is 0 Å². The van der Waals surface area contributed by atoms with Gasteiger partial charge in [-0.15, -0.1) is 0 Å². The van der Waals surface area contributed by atoms with E-state index in [4.69, 9.17) is 11.6 Å². The zero-order chi connectivity index (χ0) is 12.7. The molecule has 2 aromatic carbocycles. The van der Waals surface area contributed by atoms with Gasteiger partial charge in [-0.25, -0.2) is 9.37 Å². The summed E-state index contributed by atoms with van der Waals surface area (Å²) in [5.74, 6) is 0.281. The van der Waals surface area contributed by atoms with Crippen molar-refractivity contribution in [2.75, 3.05) is 0 Å². The van der Waals surface area contributed by atoms with E-state index in [1.54, 1.807) is 18.2 Å². The van der Waals surface area contributed by atoms with Gasteiger partial charge in [-0.1, -0.05) is 17.7 Å². The molecule has 3 aromatic rings. The van der Waals surface area contributed by atoms with Crippen molar-refractivity contribution in [2.45, 2.75) is 0 Å². The minimum Gasteiger partial charge on any atom is -0.338 e. The zero-order valence-corrected chi connectivity index (χ0v) is 11.4. The van der Waals surface area contributed by atoms with Crippen molar-refractivity contribution in [3.8, 4) is 11.4 Å². The van der Waals surface area contributed by atoms with Crippen molar-refractivity contribution in [2.24, 2.45) is 0 Å². The first-order chi connectivity index (χ1) is 8.65. The lowest BCUT2D eigenvalue weighted by molar-refractivity contribution is 0.621. The van der Waals surface area contributed by atoms with Gasteiger partial charge >= 0.3 is 0 Å². The molecule has 5 heteroatoms. The van der Waals surface area contributed by atoms with E-state index in [1.807, 2.05) is 12.1 Å². The average molecular weight is 326 g/mol. The third-order valence-corrected chi connectivity index (χ3v) is 3.60. The number of benzene rings is 2. The molecule has 0 fully saturated rings. The smallest absolute Gasteiger partial charge is 0.138 e. The molecule has 18 heavy (non-hydrogen) atoms. The van der Waals surface area contributed by atoms with Crippen LogP contribution in [0.2, 0.25) is 5.02 Å². The number of rotatable bonds is 1. The molecule has 0 unspecified atom stereocenters. The predicted molar refractivity (Wildman–Crippen MR) is 74.2 cm³/mol. The average Bonchev–Trinajstić information content (AvgIpc) is 2.78. The molecule has 1 aromatic heterocycles. The van der Waals surface area contributed by atoms with Gasteiger partial charge in [-0.2, -0.15) is 0 Å². The Balaban J connectivity index is 2.19. The van der Waals surface area contributed by atoms with Crippen molar-refractivity contribution < 1.29 is 4.39 Å². The summed E-state index contributed by atoms with van der Waals surface area (Å²) in [6.45, 7) is 0. The zero-order valence-electron chi connectivity index (χ0n) is 9.05. The van der Waals surface area contributed by atoms with Crippen molar-refractivity contribution >= 4 is 38.6 Å². The number of imidazole rings is 1. The molecule has 1 heterocycles. The summed E-state index contributed by atoms with van der Waals surface area (Å²) in [4.78, 5) is 7.51. The van der Waals surface area contributed by atoms with Gasteiger partial charge in [0.2, 0.25) is 0 Å². The Bertz CT molecular complexity index is 739. The maximum Gasteiger partial charge on any atom is 0.138 e. The Morgan fingerprint density at radius 3 is 2.78 bits per heavy atom. The second kappa shape index (κ2) is 4.37. The van der Waals surface area contributed by atoms with Gasteiger partial charge in [0.1, 0.15) is 17.2 Å². The standard InChI is InChI=1S/C13H7BrClFN2/c14-8-5-4-7(6-10(8)16)13-17-11-3-1-2-9(15)12(11)18-13/h1-6H,(H,17,18). The van der Waals surface area contributed by atoms with Gasteiger partial charge < -0.3 is 4.98 Å². The molecule has 0 saturated heterocycles. The molecule has 1 N–H and O–H groups in total. The molecule has 3 rings (SSSR count). The number of aromatic amines is 1. The Labute approximate surface area is 116 Å². The summed E-state index contributed by atoms with van der Waals surface area (Å²) in [5, 5.41) is 0.576. The molecule has 0 radical (unpaired) electrons. The topological polar surface area (TPSA) is 28.7 Å². The van der Waals surface area contributed by atoms with Crippen LogP contribution in [0.1, 0.15) is 0 Å². The van der Waals surface area contributed by atoms with Crippen molar-refractivity contribution in [1.29, 1.82) is 0 Å². The van der Waals surface area contributed by atoms with E-state index in [9.17, 15) is 4.39 Å². The van der Waals surface area contributed by atoms with Crippen molar-refractivity contribution in [1.82, 2.24) is 9.97 Å². The highest BCUT2D eigenvalue weighted by Gasteiger charge is 2.09. The molecule has 2 nitrogen and oxygen atoms in total. The molecule has 0 amide bonds. The second-order valence-corrected chi connectivity index (χ2v) is 5.11. The lowest BCUT2D eigenvalue weighted by Crippen LogP contribution is -1.83. The Morgan fingerprint density at radius 1 is 1.22 bits per heavy atom. The summed E-state index contributed by atoms with van der Waals surface area (Å²) in [6, 6.07) is 10.4. The van der Waals surface area contributed by atoms with Crippen LogP contribution in [0.3, 0.4) is 0 Å². The normalized spacial score (nSPS) is 11.1. The summed E-state index contributed by atoms with van der Waals surface area (Å²) in [6.07, 6.45) is 0. The molecular weight excluding hydrogens is 319 g/mol. The third-order valence-electron chi connectivity index (χ3n) is 2.66. The predicted octanol–water partition coefficient (Wildman–Crippen LogP) is 4.78. The first kappa shape index (κ1) is 11.7. The molecule has 0 aliphatic rings. The van der Waals surface area contributed by atoms with E-state index in [0.29, 0.717) is 26.4 Å². The Morgan fingerprint density at radius 2 is 2.06 bits per heavy atom. The van der Waals surface area contributed by atoms with Crippen LogP contribution >= 0.6 is 27.5 Å². The summed E-state index contributed by atoms with van der Waals surface area (Å²) in [7, 11) is 0. The Kier molecular flexibility index (Phi) is 2.84. The minimum absolute atomic E-state index is 0.320. The van der Waals surface area contributed by atoms with Gasteiger partial charge in [0.05, 0.1) is 15.0 Å². The largest absolute Gasteiger partial charge is 0.338 e. The summed E-state index contributed by atoms with van der Waals surface area (Å²) >= 11 is 9.17. The number of para-hydroxylation sites is 1. The SMILES string of the molecule is Fc1cc(-c2nc3c(Cl)cccc3[nH]2)ccc1Br. The number of hydrogen-bond donors (Lipinski definition) is 1. The first-order valence-electron chi connectivity index (χ1n) is 5.25. The highest BCUT2D eigenvalue weighted by atomic mass is 79.9. The summed E-state index contributed by atoms with van der Waals surface area (Å²) in [5.41, 5.74) is 2.21. The molecule has 0 aliphatic heterocycles.